The van der Waals surface area contributed by atoms with Crippen LogP contribution in [0, 0.1) is 0 Å². The Bertz CT molecular complexity index is 475. The summed E-state index contributed by atoms with van der Waals surface area (Å²) >= 11 is 1.87. The Morgan fingerprint density at radius 3 is 2.54 bits per heavy atom. The summed E-state index contributed by atoms with van der Waals surface area (Å²) in [5.74, 6) is 0.937. The molecule has 6 heteroatoms. The molecular weight excluding hydrogens is 431 g/mol. The highest BCUT2D eigenvalue weighted by Gasteiger charge is 2.20. The van der Waals surface area contributed by atoms with Crippen molar-refractivity contribution < 1.29 is 0 Å². The molecule has 1 fully saturated rings. The van der Waals surface area contributed by atoms with E-state index in [9.17, 15) is 0 Å². The van der Waals surface area contributed by atoms with Crippen molar-refractivity contribution >= 4 is 41.7 Å². The van der Waals surface area contributed by atoms with Crippen molar-refractivity contribution in [3.05, 3.63) is 35.9 Å². The fourth-order valence-corrected chi connectivity index (χ4v) is 3.04. The lowest BCUT2D eigenvalue weighted by Crippen LogP contribution is -2.49. The lowest BCUT2D eigenvalue weighted by Gasteiger charge is -2.33. The van der Waals surface area contributed by atoms with Crippen molar-refractivity contribution in [3.63, 3.8) is 0 Å². The minimum absolute atomic E-state index is 0. The molecule has 136 valence electrons. The number of hydrogen-bond acceptors (Lipinski definition) is 3. The van der Waals surface area contributed by atoms with E-state index >= 15 is 0 Å². The van der Waals surface area contributed by atoms with Gasteiger partial charge in [0.1, 0.15) is 0 Å². The van der Waals surface area contributed by atoms with E-state index in [1.807, 2.05) is 18.8 Å². The highest BCUT2D eigenvalue weighted by Crippen LogP contribution is 2.13. The SMILES string of the molecule is CN=C(NCC(C)SC)NC1CCN(Cc2ccccc2)CC1.I. The van der Waals surface area contributed by atoms with Gasteiger partial charge in [-0.1, -0.05) is 37.3 Å². The monoisotopic (exact) mass is 462 g/mol. The zero-order valence-electron chi connectivity index (χ0n) is 15.0. The molecular formula is C18H31IN4S. The third-order valence-corrected chi connectivity index (χ3v) is 5.33. The Morgan fingerprint density at radius 1 is 1.29 bits per heavy atom. The Morgan fingerprint density at radius 2 is 1.96 bits per heavy atom. The fourth-order valence-electron chi connectivity index (χ4n) is 2.79. The van der Waals surface area contributed by atoms with Gasteiger partial charge in [-0.15, -0.1) is 24.0 Å². The average molecular weight is 462 g/mol. The molecule has 0 aromatic heterocycles. The zero-order valence-corrected chi connectivity index (χ0v) is 18.1. The number of likely N-dealkylation sites (tertiary alicyclic amines) is 1. The number of nitrogens with zero attached hydrogens (tertiary/aromatic N) is 2. The minimum Gasteiger partial charge on any atom is -0.355 e. The molecule has 0 spiro atoms. The van der Waals surface area contributed by atoms with Crippen LogP contribution in [-0.2, 0) is 6.54 Å². The normalized spacial score (nSPS) is 17.9. The summed E-state index contributed by atoms with van der Waals surface area (Å²) in [6.07, 6.45) is 4.49. The highest BCUT2D eigenvalue weighted by molar-refractivity contribution is 14.0. The fraction of sp³-hybridized carbons (Fsp3) is 0.611. The van der Waals surface area contributed by atoms with Crippen molar-refractivity contribution in [1.29, 1.82) is 0 Å². The van der Waals surface area contributed by atoms with Gasteiger partial charge in [0.15, 0.2) is 5.96 Å². The van der Waals surface area contributed by atoms with E-state index in [1.54, 1.807) is 0 Å². The van der Waals surface area contributed by atoms with Gasteiger partial charge in [0.2, 0.25) is 0 Å². The zero-order chi connectivity index (χ0) is 16.5. The second kappa shape index (κ2) is 12.0. The summed E-state index contributed by atoms with van der Waals surface area (Å²) in [6.45, 7) is 6.53. The summed E-state index contributed by atoms with van der Waals surface area (Å²) in [6, 6.07) is 11.3. The maximum Gasteiger partial charge on any atom is 0.191 e. The quantitative estimate of drug-likeness (QED) is 0.387. The summed E-state index contributed by atoms with van der Waals surface area (Å²) in [4.78, 5) is 6.89. The second-order valence-corrected chi connectivity index (χ2v) is 7.46. The Hall–Kier alpha value is -0.470. The first-order chi connectivity index (χ1) is 11.2. The third-order valence-electron chi connectivity index (χ3n) is 4.36. The topological polar surface area (TPSA) is 39.7 Å². The molecule has 1 aromatic rings. The largest absolute Gasteiger partial charge is 0.355 e. The predicted octanol–water partition coefficient (Wildman–Crippen LogP) is 3.19. The first kappa shape index (κ1) is 21.6. The Kier molecular flexibility index (Phi) is 10.8. The maximum absolute atomic E-state index is 4.35. The first-order valence-corrected chi connectivity index (χ1v) is 9.76. The summed E-state index contributed by atoms with van der Waals surface area (Å²) in [5.41, 5.74) is 1.41. The number of nitrogens with one attached hydrogen (secondary N) is 2. The van der Waals surface area contributed by atoms with Crippen LogP contribution in [0.2, 0.25) is 0 Å². The number of rotatable bonds is 6. The highest BCUT2D eigenvalue weighted by atomic mass is 127. The molecule has 1 heterocycles. The molecule has 0 aliphatic carbocycles. The van der Waals surface area contributed by atoms with Crippen LogP contribution in [0.1, 0.15) is 25.3 Å². The number of halogens is 1. The first-order valence-electron chi connectivity index (χ1n) is 8.47. The van der Waals surface area contributed by atoms with Gasteiger partial charge in [-0.05, 0) is 24.7 Å². The van der Waals surface area contributed by atoms with Gasteiger partial charge in [0.05, 0.1) is 0 Å². The van der Waals surface area contributed by atoms with Gasteiger partial charge < -0.3 is 10.6 Å². The maximum atomic E-state index is 4.35. The van der Waals surface area contributed by atoms with Crippen molar-refractivity contribution in [1.82, 2.24) is 15.5 Å². The molecule has 0 bridgehead atoms. The third kappa shape index (κ3) is 7.61. The number of piperidine rings is 1. The molecule has 2 rings (SSSR count). The van der Waals surface area contributed by atoms with Gasteiger partial charge >= 0.3 is 0 Å². The molecule has 1 unspecified atom stereocenters. The minimum atomic E-state index is 0. The van der Waals surface area contributed by atoms with E-state index in [0.717, 1.165) is 32.1 Å². The van der Waals surface area contributed by atoms with Gasteiger partial charge in [-0.2, -0.15) is 11.8 Å². The van der Waals surface area contributed by atoms with Crippen molar-refractivity contribution in [2.75, 3.05) is 32.9 Å². The van der Waals surface area contributed by atoms with Gasteiger partial charge in [0.25, 0.3) is 0 Å². The van der Waals surface area contributed by atoms with Crippen molar-refractivity contribution in [3.8, 4) is 0 Å². The van der Waals surface area contributed by atoms with E-state index < -0.39 is 0 Å². The van der Waals surface area contributed by atoms with Crippen LogP contribution in [0.25, 0.3) is 0 Å². The number of aliphatic imine (C=N–C) groups is 1. The van der Waals surface area contributed by atoms with E-state index in [4.69, 9.17) is 0 Å². The number of benzene rings is 1. The van der Waals surface area contributed by atoms with Crippen LogP contribution in [0.15, 0.2) is 35.3 Å². The van der Waals surface area contributed by atoms with Crippen LogP contribution in [0.4, 0.5) is 0 Å². The molecule has 4 nitrogen and oxygen atoms in total. The van der Waals surface area contributed by atoms with E-state index in [2.05, 4.69) is 64.0 Å². The standard InChI is InChI=1S/C18H30N4S.HI/c1-15(23-3)13-20-18(19-2)21-17-9-11-22(12-10-17)14-16-7-5-4-6-8-16;/h4-8,15,17H,9-14H2,1-3H3,(H2,19,20,21);1H. The lowest BCUT2D eigenvalue weighted by atomic mass is 10.0. The number of thioether (sulfide) groups is 1. The molecule has 1 aromatic carbocycles. The molecule has 1 aliphatic rings. The van der Waals surface area contributed by atoms with E-state index in [-0.39, 0.29) is 24.0 Å². The molecule has 0 amide bonds. The van der Waals surface area contributed by atoms with Crippen molar-refractivity contribution in [2.45, 2.75) is 37.6 Å². The van der Waals surface area contributed by atoms with Crippen LogP contribution >= 0.6 is 35.7 Å². The average Bonchev–Trinajstić information content (AvgIpc) is 2.60. The smallest absolute Gasteiger partial charge is 0.191 e. The van der Waals surface area contributed by atoms with Gasteiger partial charge in [-0.3, -0.25) is 9.89 Å². The summed E-state index contributed by atoms with van der Waals surface area (Å²) < 4.78 is 0. The molecule has 0 saturated carbocycles. The molecule has 0 radical (unpaired) electrons. The molecule has 1 saturated heterocycles. The van der Waals surface area contributed by atoms with Crippen LogP contribution in [0.3, 0.4) is 0 Å². The Labute approximate surface area is 168 Å². The second-order valence-electron chi connectivity index (χ2n) is 6.18. The number of guanidine groups is 1. The predicted molar refractivity (Wildman–Crippen MR) is 118 cm³/mol. The van der Waals surface area contributed by atoms with Crippen LogP contribution in [-0.4, -0.2) is 55.1 Å². The Balaban J connectivity index is 0.00000288. The summed E-state index contributed by atoms with van der Waals surface area (Å²) in [7, 11) is 1.85. The lowest BCUT2D eigenvalue weighted by molar-refractivity contribution is 0.198. The molecule has 24 heavy (non-hydrogen) atoms. The van der Waals surface area contributed by atoms with Crippen molar-refractivity contribution in [2.24, 2.45) is 4.99 Å². The van der Waals surface area contributed by atoms with E-state index in [1.165, 1.54) is 18.4 Å². The van der Waals surface area contributed by atoms with Gasteiger partial charge in [-0.25, -0.2) is 0 Å². The number of hydrogen-bond donors (Lipinski definition) is 2. The summed E-state index contributed by atoms with van der Waals surface area (Å²) in [5, 5.41) is 7.59. The molecule has 1 atom stereocenters. The molecule has 2 N–H and O–H groups in total. The van der Waals surface area contributed by atoms with Crippen LogP contribution < -0.4 is 10.6 Å². The van der Waals surface area contributed by atoms with Gasteiger partial charge in [0, 0.05) is 44.5 Å². The van der Waals surface area contributed by atoms with Crippen LogP contribution in [0.5, 0.6) is 0 Å². The van der Waals surface area contributed by atoms with E-state index in [0.29, 0.717) is 11.3 Å². The molecule has 1 aliphatic heterocycles.